The van der Waals surface area contributed by atoms with E-state index in [0.29, 0.717) is 48.3 Å². The first-order chi connectivity index (χ1) is 14.5. The Morgan fingerprint density at radius 3 is 2.73 bits per heavy atom. The number of amides is 2. The SMILES string of the molecule is CCOc1ccc(CNC(=O)C2CCCN(C(=O)c3ccccc3Cl)C2)cc1OC. The fraction of sp³-hybridized carbons (Fsp3) is 0.391. The van der Waals surface area contributed by atoms with Gasteiger partial charge in [0.25, 0.3) is 5.91 Å². The zero-order valence-electron chi connectivity index (χ0n) is 17.3. The molecule has 2 aromatic rings. The predicted octanol–water partition coefficient (Wildman–Crippen LogP) is 3.92. The van der Waals surface area contributed by atoms with Crippen LogP contribution in [0.2, 0.25) is 5.02 Å². The molecule has 0 aliphatic carbocycles. The molecule has 1 heterocycles. The lowest BCUT2D eigenvalue weighted by molar-refractivity contribution is -0.126. The van der Waals surface area contributed by atoms with Crippen molar-refractivity contribution < 1.29 is 19.1 Å². The summed E-state index contributed by atoms with van der Waals surface area (Å²) in [6.07, 6.45) is 1.54. The molecule has 1 atom stereocenters. The number of carbonyl (C=O) groups is 2. The predicted molar refractivity (Wildman–Crippen MR) is 116 cm³/mol. The number of rotatable bonds is 7. The van der Waals surface area contributed by atoms with Gasteiger partial charge in [-0.15, -0.1) is 0 Å². The Bertz CT molecular complexity index is 903. The number of piperidine rings is 1. The van der Waals surface area contributed by atoms with E-state index in [1.165, 1.54) is 0 Å². The van der Waals surface area contributed by atoms with Crippen LogP contribution in [0.25, 0.3) is 0 Å². The molecule has 7 heteroatoms. The van der Waals surface area contributed by atoms with Crippen LogP contribution in [0, 0.1) is 5.92 Å². The normalized spacial score (nSPS) is 16.1. The molecule has 6 nitrogen and oxygen atoms in total. The van der Waals surface area contributed by atoms with Gasteiger partial charge in [0, 0.05) is 19.6 Å². The maximum atomic E-state index is 12.8. The maximum Gasteiger partial charge on any atom is 0.255 e. The first-order valence-electron chi connectivity index (χ1n) is 10.1. The molecule has 0 saturated carbocycles. The molecule has 1 N–H and O–H groups in total. The third-order valence-electron chi connectivity index (χ3n) is 5.18. The van der Waals surface area contributed by atoms with Crippen molar-refractivity contribution in [1.82, 2.24) is 10.2 Å². The smallest absolute Gasteiger partial charge is 0.255 e. The van der Waals surface area contributed by atoms with Gasteiger partial charge >= 0.3 is 0 Å². The largest absolute Gasteiger partial charge is 0.493 e. The fourth-order valence-electron chi connectivity index (χ4n) is 3.61. The highest BCUT2D eigenvalue weighted by molar-refractivity contribution is 6.33. The van der Waals surface area contributed by atoms with E-state index in [1.54, 1.807) is 36.3 Å². The number of benzene rings is 2. The van der Waals surface area contributed by atoms with Crippen molar-refractivity contribution in [3.05, 3.63) is 58.6 Å². The topological polar surface area (TPSA) is 67.9 Å². The number of methoxy groups -OCH3 is 1. The van der Waals surface area contributed by atoms with Crippen molar-refractivity contribution >= 4 is 23.4 Å². The number of carbonyl (C=O) groups excluding carboxylic acids is 2. The minimum atomic E-state index is -0.241. The maximum absolute atomic E-state index is 12.8. The Hall–Kier alpha value is -2.73. The summed E-state index contributed by atoms with van der Waals surface area (Å²) in [7, 11) is 1.59. The van der Waals surface area contributed by atoms with Crippen LogP contribution in [0.5, 0.6) is 11.5 Å². The summed E-state index contributed by atoms with van der Waals surface area (Å²) in [5, 5.41) is 3.41. The molecule has 1 saturated heterocycles. The van der Waals surface area contributed by atoms with Gasteiger partial charge in [0.05, 0.1) is 30.2 Å². The highest BCUT2D eigenvalue weighted by Gasteiger charge is 2.29. The van der Waals surface area contributed by atoms with Gasteiger partial charge in [-0.2, -0.15) is 0 Å². The quantitative estimate of drug-likeness (QED) is 0.723. The van der Waals surface area contributed by atoms with E-state index in [9.17, 15) is 9.59 Å². The van der Waals surface area contributed by atoms with Gasteiger partial charge in [-0.3, -0.25) is 9.59 Å². The lowest BCUT2D eigenvalue weighted by atomic mass is 9.96. The van der Waals surface area contributed by atoms with Gasteiger partial charge in [0.1, 0.15) is 0 Å². The molecule has 160 valence electrons. The Morgan fingerprint density at radius 2 is 2.00 bits per heavy atom. The van der Waals surface area contributed by atoms with Crippen LogP contribution in [0.3, 0.4) is 0 Å². The molecular formula is C23H27ClN2O4. The van der Waals surface area contributed by atoms with Crippen molar-refractivity contribution in [3.8, 4) is 11.5 Å². The van der Waals surface area contributed by atoms with Crippen LogP contribution >= 0.6 is 11.6 Å². The van der Waals surface area contributed by atoms with Gasteiger partial charge in [-0.05, 0) is 49.6 Å². The van der Waals surface area contributed by atoms with Gasteiger partial charge in [0.2, 0.25) is 5.91 Å². The second-order valence-corrected chi connectivity index (χ2v) is 7.61. The number of nitrogens with zero attached hydrogens (tertiary/aromatic N) is 1. The molecule has 0 bridgehead atoms. The molecule has 2 aromatic carbocycles. The van der Waals surface area contributed by atoms with Crippen molar-refractivity contribution in [3.63, 3.8) is 0 Å². The standard InChI is InChI=1S/C23H27ClN2O4/c1-3-30-20-11-10-16(13-21(20)29-2)14-25-22(27)17-7-6-12-26(15-17)23(28)18-8-4-5-9-19(18)24/h4-5,8-11,13,17H,3,6-7,12,14-15H2,1-2H3,(H,25,27). The van der Waals surface area contributed by atoms with Crippen LogP contribution in [0.15, 0.2) is 42.5 Å². The second-order valence-electron chi connectivity index (χ2n) is 7.21. The zero-order chi connectivity index (χ0) is 21.5. The second kappa shape index (κ2) is 10.3. The Balaban J connectivity index is 1.59. The van der Waals surface area contributed by atoms with Crippen molar-refractivity contribution in [2.45, 2.75) is 26.3 Å². The number of halogens is 1. The summed E-state index contributed by atoms with van der Waals surface area (Å²) in [5.74, 6) is 0.887. The van der Waals surface area contributed by atoms with Gasteiger partial charge in [0.15, 0.2) is 11.5 Å². The number of hydrogen-bond acceptors (Lipinski definition) is 4. The van der Waals surface area contributed by atoms with Crippen LogP contribution < -0.4 is 14.8 Å². The molecule has 0 spiro atoms. The van der Waals surface area contributed by atoms with Crippen molar-refractivity contribution in [2.75, 3.05) is 26.8 Å². The highest BCUT2D eigenvalue weighted by atomic mass is 35.5. The first kappa shape index (κ1) is 22.0. The minimum absolute atomic E-state index is 0.0560. The van der Waals surface area contributed by atoms with E-state index in [-0.39, 0.29) is 17.7 Å². The molecular weight excluding hydrogens is 404 g/mol. The molecule has 1 aliphatic rings. The fourth-order valence-corrected chi connectivity index (χ4v) is 3.83. The van der Waals surface area contributed by atoms with Crippen molar-refractivity contribution in [2.24, 2.45) is 5.92 Å². The Kier molecular flexibility index (Phi) is 7.57. The van der Waals surface area contributed by atoms with E-state index in [0.717, 1.165) is 18.4 Å². The number of nitrogens with one attached hydrogen (secondary N) is 1. The molecule has 0 aromatic heterocycles. The molecule has 30 heavy (non-hydrogen) atoms. The summed E-state index contributed by atoms with van der Waals surface area (Å²) in [5.41, 5.74) is 1.39. The Morgan fingerprint density at radius 1 is 1.20 bits per heavy atom. The van der Waals surface area contributed by atoms with Crippen LogP contribution in [-0.2, 0) is 11.3 Å². The summed E-state index contributed by atoms with van der Waals surface area (Å²) >= 11 is 6.16. The number of ether oxygens (including phenoxy) is 2. The van der Waals surface area contributed by atoms with E-state index >= 15 is 0 Å². The molecule has 0 radical (unpaired) electrons. The number of hydrogen-bond donors (Lipinski definition) is 1. The van der Waals surface area contributed by atoms with E-state index < -0.39 is 0 Å². The lowest BCUT2D eigenvalue weighted by Crippen LogP contribution is -2.45. The van der Waals surface area contributed by atoms with E-state index in [2.05, 4.69) is 5.32 Å². The zero-order valence-corrected chi connectivity index (χ0v) is 18.1. The molecule has 1 aliphatic heterocycles. The van der Waals surface area contributed by atoms with Crippen molar-refractivity contribution in [1.29, 1.82) is 0 Å². The van der Waals surface area contributed by atoms with Crippen LogP contribution in [0.1, 0.15) is 35.7 Å². The molecule has 1 fully saturated rings. The monoisotopic (exact) mass is 430 g/mol. The third kappa shape index (κ3) is 5.25. The molecule has 2 amide bonds. The minimum Gasteiger partial charge on any atom is -0.493 e. The average Bonchev–Trinajstić information content (AvgIpc) is 2.78. The van der Waals surface area contributed by atoms with E-state index in [1.807, 2.05) is 25.1 Å². The van der Waals surface area contributed by atoms with Gasteiger partial charge in [-0.1, -0.05) is 29.8 Å². The van der Waals surface area contributed by atoms with Crippen LogP contribution in [-0.4, -0.2) is 43.5 Å². The van der Waals surface area contributed by atoms with E-state index in [4.69, 9.17) is 21.1 Å². The summed E-state index contributed by atoms with van der Waals surface area (Å²) in [6.45, 7) is 3.87. The molecule has 3 rings (SSSR count). The lowest BCUT2D eigenvalue weighted by Gasteiger charge is -2.32. The molecule has 1 unspecified atom stereocenters. The summed E-state index contributed by atoms with van der Waals surface area (Å²) in [4.78, 5) is 27.3. The third-order valence-corrected chi connectivity index (χ3v) is 5.51. The van der Waals surface area contributed by atoms with Gasteiger partial charge in [-0.25, -0.2) is 0 Å². The number of likely N-dealkylation sites (tertiary alicyclic amines) is 1. The average molecular weight is 431 g/mol. The summed E-state index contributed by atoms with van der Waals surface area (Å²) in [6, 6.07) is 12.6. The highest BCUT2D eigenvalue weighted by Crippen LogP contribution is 2.28. The summed E-state index contributed by atoms with van der Waals surface area (Å²) < 4.78 is 10.9. The first-order valence-corrected chi connectivity index (χ1v) is 10.5. The van der Waals surface area contributed by atoms with Gasteiger partial charge < -0.3 is 19.7 Å². The Labute approximate surface area is 182 Å². The van der Waals surface area contributed by atoms with Crippen LogP contribution in [0.4, 0.5) is 0 Å².